The summed E-state index contributed by atoms with van der Waals surface area (Å²) in [4.78, 5) is 0. The molecule has 132 valence electrons. The lowest BCUT2D eigenvalue weighted by atomic mass is 10.2. The van der Waals surface area contributed by atoms with Crippen molar-refractivity contribution >= 4 is 17.4 Å². The summed E-state index contributed by atoms with van der Waals surface area (Å²) in [5.41, 5.74) is 8.10. The first-order valence-corrected chi connectivity index (χ1v) is 8.25. The first-order valence-electron chi connectivity index (χ1n) is 7.88. The normalized spacial score (nSPS) is 10.3. The lowest BCUT2D eigenvalue weighted by Crippen LogP contribution is -2.06. The second-order valence-corrected chi connectivity index (χ2v) is 6.00. The van der Waals surface area contributed by atoms with Crippen molar-refractivity contribution in [3.8, 4) is 17.7 Å². The van der Waals surface area contributed by atoms with E-state index in [9.17, 15) is 5.26 Å². The van der Waals surface area contributed by atoms with Crippen molar-refractivity contribution < 1.29 is 9.47 Å². The summed E-state index contributed by atoms with van der Waals surface area (Å²) in [6, 6.07) is 16.9. The minimum absolute atomic E-state index is 0.199. The van der Waals surface area contributed by atoms with Crippen molar-refractivity contribution in [1.82, 2.24) is 9.78 Å². The number of anilines is 1. The van der Waals surface area contributed by atoms with Crippen LogP contribution in [0.15, 0.2) is 48.5 Å². The Morgan fingerprint density at radius 1 is 1.19 bits per heavy atom. The van der Waals surface area contributed by atoms with E-state index < -0.39 is 0 Å². The van der Waals surface area contributed by atoms with Crippen LogP contribution in [0.25, 0.3) is 0 Å². The Hall–Kier alpha value is -3.17. The smallest absolute Gasteiger partial charge is 0.253 e. The van der Waals surface area contributed by atoms with E-state index in [0.29, 0.717) is 17.3 Å². The second-order valence-electron chi connectivity index (χ2n) is 5.56. The third-order valence-electron chi connectivity index (χ3n) is 3.87. The van der Waals surface area contributed by atoms with Crippen LogP contribution in [0, 0.1) is 11.3 Å². The van der Waals surface area contributed by atoms with Crippen LogP contribution in [0.2, 0.25) is 5.02 Å². The maximum absolute atomic E-state index is 9.41. The summed E-state index contributed by atoms with van der Waals surface area (Å²) in [7, 11) is 1.60. The van der Waals surface area contributed by atoms with Gasteiger partial charge in [-0.3, -0.25) is 0 Å². The molecule has 0 aliphatic rings. The van der Waals surface area contributed by atoms with E-state index in [4.69, 9.17) is 26.8 Å². The molecule has 0 radical (unpaired) electrons. The maximum Gasteiger partial charge on any atom is 0.253 e. The molecular weight excluding hydrogens is 352 g/mol. The average Bonchev–Trinajstić information content (AvgIpc) is 2.96. The highest BCUT2D eigenvalue weighted by Crippen LogP contribution is 2.26. The molecule has 1 heterocycles. The largest absolute Gasteiger partial charge is 0.496 e. The SMILES string of the molecule is COc1ccccc1COc1nn(Cc2ccc(Cl)cc2)c(N)c1C#N. The average molecular weight is 369 g/mol. The Morgan fingerprint density at radius 2 is 1.92 bits per heavy atom. The molecule has 26 heavy (non-hydrogen) atoms. The predicted octanol–water partition coefficient (Wildman–Crippen LogP) is 3.63. The molecule has 0 spiro atoms. The summed E-state index contributed by atoms with van der Waals surface area (Å²) in [6.07, 6.45) is 0. The molecule has 0 saturated heterocycles. The highest BCUT2D eigenvalue weighted by molar-refractivity contribution is 6.30. The molecular formula is C19H17ClN4O2. The summed E-state index contributed by atoms with van der Waals surface area (Å²) >= 11 is 5.90. The Balaban J connectivity index is 1.81. The first-order chi connectivity index (χ1) is 12.6. The fourth-order valence-electron chi connectivity index (χ4n) is 2.51. The standard InChI is InChI=1S/C19H17ClN4O2/c1-25-17-5-3-2-4-14(17)12-26-19-16(10-21)18(22)24(23-19)11-13-6-8-15(20)9-7-13/h2-9H,11-12,22H2,1H3. The quantitative estimate of drug-likeness (QED) is 0.718. The number of benzene rings is 2. The fraction of sp³-hybridized carbons (Fsp3) is 0.158. The van der Waals surface area contributed by atoms with Crippen molar-refractivity contribution in [2.75, 3.05) is 12.8 Å². The Labute approximate surface area is 156 Å². The number of halogens is 1. The molecule has 0 unspecified atom stereocenters. The van der Waals surface area contributed by atoms with Crippen molar-refractivity contribution in [3.05, 3.63) is 70.2 Å². The van der Waals surface area contributed by atoms with Crippen LogP contribution in [-0.4, -0.2) is 16.9 Å². The lowest BCUT2D eigenvalue weighted by molar-refractivity contribution is 0.281. The van der Waals surface area contributed by atoms with E-state index in [1.165, 1.54) is 0 Å². The molecule has 0 bridgehead atoms. The van der Waals surface area contributed by atoms with Gasteiger partial charge < -0.3 is 15.2 Å². The Kier molecular flexibility index (Phi) is 5.30. The van der Waals surface area contributed by atoms with Crippen LogP contribution in [0.3, 0.4) is 0 Å². The van der Waals surface area contributed by atoms with Crippen LogP contribution in [0.1, 0.15) is 16.7 Å². The summed E-state index contributed by atoms with van der Waals surface area (Å²) in [5.74, 6) is 1.17. The van der Waals surface area contributed by atoms with Gasteiger partial charge in [0, 0.05) is 10.6 Å². The molecule has 3 aromatic rings. The number of rotatable bonds is 6. The van der Waals surface area contributed by atoms with Crippen LogP contribution >= 0.6 is 11.6 Å². The molecule has 0 amide bonds. The summed E-state index contributed by atoms with van der Waals surface area (Å²) in [6.45, 7) is 0.631. The van der Waals surface area contributed by atoms with Gasteiger partial charge in [-0.15, -0.1) is 5.10 Å². The number of nitrogens with two attached hydrogens (primary N) is 1. The van der Waals surface area contributed by atoms with Gasteiger partial charge in [0.1, 0.15) is 24.2 Å². The number of ether oxygens (including phenoxy) is 2. The molecule has 2 aromatic carbocycles. The Morgan fingerprint density at radius 3 is 2.62 bits per heavy atom. The number of para-hydroxylation sites is 1. The molecule has 0 fully saturated rings. The van der Waals surface area contributed by atoms with Crippen LogP contribution in [-0.2, 0) is 13.2 Å². The third-order valence-corrected chi connectivity index (χ3v) is 4.13. The van der Waals surface area contributed by atoms with Gasteiger partial charge in [0.05, 0.1) is 13.7 Å². The number of nitrogen functional groups attached to an aromatic ring is 1. The van der Waals surface area contributed by atoms with Gasteiger partial charge in [0.25, 0.3) is 5.88 Å². The summed E-state index contributed by atoms with van der Waals surface area (Å²) < 4.78 is 12.6. The molecule has 0 atom stereocenters. The van der Waals surface area contributed by atoms with Gasteiger partial charge in [0.2, 0.25) is 0 Å². The van der Waals surface area contributed by atoms with E-state index in [1.54, 1.807) is 23.9 Å². The molecule has 6 nitrogen and oxygen atoms in total. The molecule has 1 aromatic heterocycles. The molecule has 7 heteroatoms. The zero-order valence-corrected chi connectivity index (χ0v) is 14.9. The van der Waals surface area contributed by atoms with Gasteiger partial charge in [-0.25, -0.2) is 4.68 Å². The first kappa shape index (κ1) is 17.6. The predicted molar refractivity (Wildman–Crippen MR) is 99.2 cm³/mol. The lowest BCUT2D eigenvalue weighted by Gasteiger charge is -2.08. The van der Waals surface area contributed by atoms with Crippen molar-refractivity contribution in [3.63, 3.8) is 0 Å². The second kappa shape index (κ2) is 7.81. The number of aromatic nitrogens is 2. The maximum atomic E-state index is 9.41. The monoisotopic (exact) mass is 368 g/mol. The van der Waals surface area contributed by atoms with Crippen molar-refractivity contribution in [2.45, 2.75) is 13.2 Å². The molecule has 0 aliphatic carbocycles. The third kappa shape index (κ3) is 3.73. The summed E-state index contributed by atoms with van der Waals surface area (Å²) in [5, 5.41) is 14.4. The van der Waals surface area contributed by atoms with Gasteiger partial charge in [-0.05, 0) is 23.8 Å². The topological polar surface area (TPSA) is 86.1 Å². The van der Waals surface area contributed by atoms with Crippen LogP contribution in [0.5, 0.6) is 11.6 Å². The highest BCUT2D eigenvalue weighted by atomic mass is 35.5. The molecule has 2 N–H and O–H groups in total. The zero-order chi connectivity index (χ0) is 18.5. The minimum Gasteiger partial charge on any atom is -0.496 e. The van der Waals surface area contributed by atoms with Gasteiger partial charge >= 0.3 is 0 Å². The number of methoxy groups -OCH3 is 1. The Bertz CT molecular complexity index is 945. The molecule has 0 aliphatic heterocycles. The number of hydrogen-bond donors (Lipinski definition) is 1. The highest BCUT2D eigenvalue weighted by Gasteiger charge is 2.17. The van der Waals surface area contributed by atoms with Crippen molar-refractivity contribution in [1.29, 1.82) is 5.26 Å². The van der Waals surface area contributed by atoms with Crippen LogP contribution in [0.4, 0.5) is 5.82 Å². The van der Waals surface area contributed by atoms with E-state index in [2.05, 4.69) is 11.2 Å². The number of nitrogens with zero attached hydrogens (tertiary/aromatic N) is 3. The fourth-order valence-corrected chi connectivity index (χ4v) is 2.64. The van der Waals surface area contributed by atoms with Crippen LogP contribution < -0.4 is 15.2 Å². The van der Waals surface area contributed by atoms with Gasteiger partial charge in [-0.1, -0.05) is 41.9 Å². The number of nitriles is 1. The van der Waals surface area contributed by atoms with E-state index in [1.807, 2.05) is 36.4 Å². The van der Waals surface area contributed by atoms with Crippen molar-refractivity contribution in [2.24, 2.45) is 0 Å². The molecule has 3 rings (SSSR count). The van der Waals surface area contributed by atoms with E-state index in [0.717, 1.165) is 11.1 Å². The van der Waals surface area contributed by atoms with Gasteiger partial charge in [-0.2, -0.15) is 5.26 Å². The van der Waals surface area contributed by atoms with E-state index >= 15 is 0 Å². The minimum atomic E-state index is 0.199. The number of hydrogen-bond acceptors (Lipinski definition) is 5. The van der Waals surface area contributed by atoms with E-state index in [-0.39, 0.29) is 23.9 Å². The molecule has 0 saturated carbocycles. The van der Waals surface area contributed by atoms with Gasteiger partial charge in [0.15, 0.2) is 5.56 Å². The zero-order valence-electron chi connectivity index (χ0n) is 14.1.